The van der Waals surface area contributed by atoms with E-state index >= 15 is 0 Å². The zero-order chi connectivity index (χ0) is 13.1. The van der Waals surface area contributed by atoms with E-state index in [0.717, 1.165) is 0 Å². The predicted molar refractivity (Wildman–Crippen MR) is 68.9 cm³/mol. The molecule has 0 saturated heterocycles. The number of nitro groups is 1. The van der Waals surface area contributed by atoms with Crippen LogP contribution >= 0.6 is 27.5 Å². The molecule has 6 nitrogen and oxygen atoms in total. The molecule has 0 atom stereocenters. The van der Waals surface area contributed by atoms with Crippen molar-refractivity contribution in [2.24, 2.45) is 0 Å². The summed E-state index contributed by atoms with van der Waals surface area (Å²) in [5.74, 6) is -0.243. The van der Waals surface area contributed by atoms with Crippen molar-refractivity contribution in [1.29, 1.82) is 0 Å². The van der Waals surface area contributed by atoms with Crippen LogP contribution in [-0.4, -0.2) is 25.0 Å². The van der Waals surface area contributed by atoms with Gasteiger partial charge < -0.3 is 0 Å². The molecule has 0 aliphatic carbocycles. The highest BCUT2D eigenvalue weighted by atomic mass is 79.9. The number of hydrogen-bond donors (Lipinski definition) is 1. The average Bonchev–Trinajstić information content (AvgIpc) is 2.15. The molecule has 0 unspecified atom stereocenters. The third kappa shape index (κ3) is 4.14. The second-order valence-corrected chi connectivity index (χ2v) is 6.11. The molecule has 0 aromatic heterocycles. The lowest BCUT2D eigenvalue weighted by molar-refractivity contribution is -0.385. The SMILES string of the molecule is O=[N+]([O-])c1ccc(NS(=O)(=O)CCCl)cc1Br. The van der Waals surface area contributed by atoms with Gasteiger partial charge in [-0.1, -0.05) is 0 Å². The summed E-state index contributed by atoms with van der Waals surface area (Å²) in [6.07, 6.45) is 0. The summed E-state index contributed by atoms with van der Waals surface area (Å²) in [5, 5.41) is 10.5. The molecular formula is C8H8BrClN2O4S. The minimum absolute atomic E-state index is 0.0243. The van der Waals surface area contributed by atoms with Crippen LogP contribution < -0.4 is 4.72 Å². The van der Waals surface area contributed by atoms with Gasteiger partial charge in [-0.25, -0.2) is 8.42 Å². The minimum atomic E-state index is -3.51. The lowest BCUT2D eigenvalue weighted by Gasteiger charge is -2.06. The molecule has 0 fully saturated rings. The third-order valence-electron chi connectivity index (χ3n) is 1.76. The molecule has 0 aliphatic heterocycles. The summed E-state index contributed by atoms with van der Waals surface area (Å²) in [6.45, 7) is 0. The van der Waals surface area contributed by atoms with Crippen LogP contribution in [0.1, 0.15) is 0 Å². The van der Waals surface area contributed by atoms with Crippen LogP contribution in [0.5, 0.6) is 0 Å². The van der Waals surface area contributed by atoms with Gasteiger partial charge in [0.25, 0.3) is 5.69 Å². The van der Waals surface area contributed by atoms with E-state index in [2.05, 4.69) is 20.7 Å². The van der Waals surface area contributed by atoms with Crippen molar-refractivity contribution in [2.45, 2.75) is 0 Å². The normalized spacial score (nSPS) is 11.2. The highest BCUT2D eigenvalue weighted by molar-refractivity contribution is 9.10. The van der Waals surface area contributed by atoms with Gasteiger partial charge in [-0.3, -0.25) is 14.8 Å². The highest BCUT2D eigenvalue weighted by Gasteiger charge is 2.14. The molecular weight excluding hydrogens is 336 g/mol. The molecule has 0 radical (unpaired) electrons. The molecule has 1 N–H and O–H groups in total. The molecule has 94 valence electrons. The van der Waals surface area contributed by atoms with Crippen molar-refractivity contribution in [1.82, 2.24) is 0 Å². The van der Waals surface area contributed by atoms with E-state index in [4.69, 9.17) is 11.6 Å². The maximum absolute atomic E-state index is 11.4. The van der Waals surface area contributed by atoms with E-state index in [1.807, 2.05) is 0 Å². The van der Waals surface area contributed by atoms with E-state index in [0.29, 0.717) is 0 Å². The number of nitro benzene ring substituents is 1. The molecule has 1 aromatic rings. The topological polar surface area (TPSA) is 89.3 Å². The molecule has 9 heteroatoms. The van der Waals surface area contributed by atoms with E-state index in [9.17, 15) is 18.5 Å². The first-order chi connectivity index (χ1) is 7.85. The molecule has 0 spiro atoms. The summed E-state index contributed by atoms with van der Waals surface area (Å²) in [4.78, 5) is 9.97. The fourth-order valence-electron chi connectivity index (χ4n) is 1.05. The Morgan fingerprint density at radius 3 is 2.59 bits per heavy atom. The zero-order valence-corrected chi connectivity index (χ0v) is 11.5. The van der Waals surface area contributed by atoms with Crippen molar-refractivity contribution < 1.29 is 13.3 Å². The van der Waals surface area contributed by atoms with E-state index in [1.54, 1.807) is 0 Å². The van der Waals surface area contributed by atoms with Gasteiger partial charge in [-0.05, 0) is 28.1 Å². The Labute approximate surface area is 111 Å². The van der Waals surface area contributed by atoms with Crippen molar-refractivity contribution in [3.63, 3.8) is 0 Å². The number of anilines is 1. The van der Waals surface area contributed by atoms with Crippen molar-refractivity contribution >= 4 is 48.9 Å². The molecule has 0 aliphatic rings. The van der Waals surface area contributed by atoms with E-state index in [-0.39, 0.29) is 27.5 Å². The fourth-order valence-corrected chi connectivity index (χ4v) is 2.97. The van der Waals surface area contributed by atoms with Crippen LogP contribution in [0.15, 0.2) is 22.7 Å². The zero-order valence-electron chi connectivity index (χ0n) is 8.39. The number of rotatable bonds is 5. The van der Waals surface area contributed by atoms with Gasteiger partial charge in [0, 0.05) is 11.9 Å². The first kappa shape index (κ1) is 14.2. The van der Waals surface area contributed by atoms with Gasteiger partial charge in [-0.2, -0.15) is 0 Å². The largest absolute Gasteiger partial charge is 0.283 e. The molecule has 0 bridgehead atoms. The van der Waals surface area contributed by atoms with Crippen LogP contribution in [0, 0.1) is 10.1 Å². The van der Waals surface area contributed by atoms with Gasteiger partial charge in [0.05, 0.1) is 20.8 Å². The maximum atomic E-state index is 11.4. The Kier molecular flexibility index (Phi) is 4.72. The first-order valence-electron chi connectivity index (χ1n) is 4.36. The summed E-state index contributed by atoms with van der Waals surface area (Å²) in [5.41, 5.74) is 0.109. The fraction of sp³-hybridized carbons (Fsp3) is 0.250. The molecule has 0 saturated carbocycles. The van der Waals surface area contributed by atoms with E-state index < -0.39 is 14.9 Å². The summed E-state index contributed by atoms with van der Waals surface area (Å²) >= 11 is 8.32. The van der Waals surface area contributed by atoms with Gasteiger partial charge in [0.2, 0.25) is 10.0 Å². The number of hydrogen-bond acceptors (Lipinski definition) is 4. The second-order valence-electron chi connectivity index (χ2n) is 3.03. The van der Waals surface area contributed by atoms with Gasteiger partial charge in [-0.15, -0.1) is 11.6 Å². The number of nitrogens with one attached hydrogen (secondary N) is 1. The summed E-state index contributed by atoms with van der Waals surface area (Å²) < 4.78 is 25.2. The number of halogens is 2. The maximum Gasteiger partial charge on any atom is 0.283 e. The van der Waals surface area contributed by atoms with Crippen LogP contribution in [0.3, 0.4) is 0 Å². The molecule has 17 heavy (non-hydrogen) atoms. The Morgan fingerprint density at radius 2 is 2.12 bits per heavy atom. The Morgan fingerprint density at radius 1 is 1.47 bits per heavy atom. The first-order valence-corrected chi connectivity index (χ1v) is 7.34. The van der Waals surface area contributed by atoms with Gasteiger partial charge >= 0.3 is 0 Å². The van der Waals surface area contributed by atoms with Crippen LogP contribution in [0.2, 0.25) is 0 Å². The van der Waals surface area contributed by atoms with Crippen LogP contribution in [0.4, 0.5) is 11.4 Å². The average molecular weight is 344 g/mol. The van der Waals surface area contributed by atoms with Crippen molar-refractivity contribution in [3.8, 4) is 0 Å². The summed E-state index contributed by atoms with van der Waals surface area (Å²) in [6, 6.07) is 3.85. The quantitative estimate of drug-likeness (QED) is 0.505. The number of sulfonamides is 1. The lowest BCUT2D eigenvalue weighted by Crippen LogP contribution is -2.17. The monoisotopic (exact) mass is 342 g/mol. The third-order valence-corrected chi connectivity index (χ3v) is 4.10. The second kappa shape index (κ2) is 5.65. The minimum Gasteiger partial charge on any atom is -0.283 e. The van der Waals surface area contributed by atoms with Crippen LogP contribution in [-0.2, 0) is 10.0 Å². The molecule has 0 heterocycles. The predicted octanol–water partition coefficient (Wildman–Crippen LogP) is 2.34. The highest BCUT2D eigenvalue weighted by Crippen LogP contribution is 2.28. The van der Waals surface area contributed by atoms with Crippen molar-refractivity contribution in [3.05, 3.63) is 32.8 Å². The molecule has 1 rings (SSSR count). The standard InChI is InChI=1S/C8H8BrClN2O4S/c9-7-5-6(1-2-8(7)12(13)14)11-17(15,16)4-3-10/h1-2,5,11H,3-4H2. The molecule has 1 aromatic carbocycles. The Balaban J connectivity index is 2.96. The number of alkyl halides is 1. The lowest BCUT2D eigenvalue weighted by atomic mass is 10.3. The number of benzene rings is 1. The Hall–Kier alpha value is -0.860. The smallest absolute Gasteiger partial charge is 0.283 e. The van der Waals surface area contributed by atoms with Gasteiger partial charge in [0.1, 0.15) is 0 Å². The van der Waals surface area contributed by atoms with Crippen molar-refractivity contribution in [2.75, 3.05) is 16.4 Å². The van der Waals surface area contributed by atoms with Crippen LogP contribution in [0.25, 0.3) is 0 Å². The van der Waals surface area contributed by atoms with E-state index in [1.165, 1.54) is 18.2 Å². The number of nitrogens with zero attached hydrogens (tertiary/aromatic N) is 1. The Bertz CT molecular complexity index is 534. The summed E-state index contributed by atoms with van der Waals surface area (Å²) in [7, 11) is -3.51. The molecule has 0 amide bonds. The van der Waals surface area contributed by atoms with Gasteiger partial charge in [0.15, 0.2) is 0 Å².